The Balaban J connectivity index is 2.47. The lowest BCUT2D eigenvalue weighted by atomic mass is 9.91. The highest BCUT2D eigenvalue weighted by Gasteiger charge is 2.10. The molecule has 2 heteroatoms. The van der Waals surface area contributed by atoms with Crippen LogP contribution in [0.3, 0.4) is 0 Å². The van der Waals surface area contributed by atoms with Gasteiger partial charge in [0.1, 0.15) is 0 Å². The van der Waals surface area contributed by atoms with Crippen LogP contribution in [0.2, 0.25) is 0 Å². The first-order valence-electron chi connectivity index (χ1n) is 7.87. The molecule has 20 heavy (non-hydrogen) atoms. The van der Waals surface area contributed by atoms with E-state index in [1.807, 2.05) is 0 Å². The second-order valence-electron chi connectivity index (χ2n) is 6.23. The Kier molecular flexibility index (Phi) is 8.56. The summed E-state index contributed by atoms with van der Waals surface area (Å²) in [5.74, 6) is 1.50. The van der Waals surface area contributed by atoms with Crippen molar-refractivity contribution >= 4 is 0 Å². The van der Waals surface area contributed by atoms with Crippen LogP contribution in [0.15, 0.2) is 24.3 Å². The molecule has 0 heterocycles. The lowest BCUT2D eigenvalue weighted by Gasteiger charge is -2.19. The summed E-state index contributed by atoms with van der Waals surface area (Å²) in [4.78, 5) is 0. The van der Waals surface area contributed by atoms with Gasteiger partial charge in [-0.15, -0.1) is 0 Å². The fourth-order valence-corrected chi connectivity index (χ4v) is 2.50. The summed E-state index contributed by atoms with van der Waals surface area (Å²) in [6.45, 7) is 9.61. The molecule has 0 saturated heterocycles. The summed E-state index contributed by atoms with van der Waals surface area (Å²) in [5, 5.41) is 3.52. The number of benzene rings is 1. The molecular formula is C18H31NO. The Labute approximate surface area is 124 Å². The minimum absolute atomic E-state index is 0.719. The van der Waals surface area contributed by atoms with Crippen LogP contribution in [0, 0.1) is 18.8 Å². The average Bonchev–Trinajstić information content (AvgIpc) is 2.40. The maximum Gasteiger partial charge on any atom is 0.0587 e. The van der Waals surface area contributed by atoms with Crippen molar-refractivity contribution in [1.29, 1.82) is 0 Å². The zero-order valence-corrected chi connectivity index (χ0v) is 13.6. The summed E-state index contributed by atoms with van der Waals surface area (Å²) >= 11 is 0. The van der Waals surface area contributed by atoms with Crippen molar-refractivity contribution in [3.63, 3.8) is 0 Å². The van der Waals surface area contributed by atoms with Crippen LogP contribution < -0.4 is 5.32 Å². The first-order valence-corrected chi connectivity index (χ1v) is 7.87. The molecule has 0 radical (unpaired) electrons. The number of nitrogens with one attached hydrogen (secondary N) is 1. The van der Waals surface area contributed by atoms with E-state index in [9.17, 15) is 0 Å². The third kappa shape index (κ3) is 7.66. The lowest BCUT2D eigenvalue weighted by molar-refractivity contribution is 0.197. The molecule has 2 nitrogen and oxygen atoms in total. The number of aryl methyl sites for hydroxylation is 1. The molecular weight excluding hydrogens is 246 g/mol. The van der Waals surface area contributed by atoms with Gasteiger partial charge in [-0.3, -0.25) is 0 Å². The molecule has 0 aliphatic rings. The highest BCUT2D eigenvalue weighted by molar-refractivity contribution is 5.22. The van der Waals surface area contributed by atoms with Crippen LogP contribution in [-0.2, 0) is 11.2 Å². The first-order chi connectivity index (χ1) is 9.61. The van der Waals surface area contributed by atoms with Crippen molar-refractivity contribution in [3.05, 3.63) is 35.4 Å². The Bertz CT molecular complexity index is 362. The number of ether oxygens (including phenoxy) is 1. The number of rotatable bonds is 10. The predicted molar refractivity (Wildman–Crippen MR) is 87.2 cm³/mol. The SMILES string of the molecule is COCCNCC(CCC(C)C)Cc1cccc(C)c1. The van der Waals surface area contributed by atoms with E-state index in [-0.39, 0.29) is 0 Å². The first kappa shape index (κ1) is 17.2. The Hall–Kier alpha value is -0.860. The van der Waals surface area contributed by atoms with Crippen LogP contribution in [0.1, 0.15) is 37.8 Å². The van der Waals surface area contributed by atoms with E-state index in [1.54, 1.807) is 7.11 Å². The second kappa shape index (κ2) is 9.95. The quantitative estimate of drug-likeness (QED) is 0.656. The van der Waals surface area contributed by atoms with Crippen molar-refractivity contribution in [1.82, 2.24) is 5.32 Å². The van der Waals surface area contributed by atoms with Gasteiger partial charge in [0.2, 0.25) is 0 Å². The molecule has 1 atom stereocenters. The average molecular weight is 277 g/mol. The van der Waals surface area contributed by atoms with Crippen LogP contribution in [0.25, 0.3) is 0 Å². The molecule has 0 spiro atoms. The molecule has 1 unspecified atom stereocenters. The van der Waals surface area contributed by atoms with E-state index in [1.165, 1.54) is 30.4 Å². The van der Waals surface area contributed by atoms with E-state index in [4.69, 9.17) is 4.74 Å². The lowest BCUT2D eigenvalue weighted by Crippen LogP contribution is -2.27. The number of hydrogen-bond donors (Lipinski definition) is 1. The molecule has 0 fully saturated rings. The molecule has 0 aliphatic carbocycles. The van der Waals surface area contributed by atoms with Gasteiger partial charge in [-0.05, 0) is 43.7 Å². The van der Waals surface area contributed by atoms with Gasteiger partial charge in [-0.25, -0.2) is 0 Å². The maximum atomic E-state index is 5.09. The molecule has 1 rings (SSSR count). The molecule has 0 aromatic heterocycles. The van der Waals surface area contributed by atoms with Crippen molar-refractivity contribution in [2.24, 2.45) is 11.8 Å². The third-order valence-corrected chi connectivity index (χ3v) is 3.68. The second-order valence-corrected chi connectivity index (χ2v) is 6.23. The molecule has 0 amide bonds. The number of hydrogen-bond acceptors (Lipinski definition) is 2. The van der Waals surface area contributed by atoms with E-state index >= 15 is 0 Å². The zero-order valence-electron chi connectivity index (χ0n) is 13.6. The minimum Gasteiger partial charge on any atom is -0.383 e. The Morgan fingerprint density at radius 2 is 2.00 bits per heavy atom. The van der Waals surface area contributed by atoms with E-state index in [0.29, 0.717) is 0 Å². The van der Waals surface area contributed by atoms with E-state index < -0.39 is 0 Å². The van der Waals surface area contributed by atoms with E-state index in [0.717, 1.165) is 31.5 Å². The van der Waals surface area contributed by atoms with Gasteiger partial charge in [0, 0.05) is 13.7 Å². The number of methoxy groups -OCH3 is 1. The van der Waals surface area contributed by atoms with Gasteiger partial charge < -0.3 is 10.1 Å². The highest BCUT2D eigenvalue weighted by atomic mass is 16.5. The van der Waals surface area contributed by atoms with Gasteiger partial charge in [0.25, 0.3) is 0 Å². The van der Waals surface area contributed by atoms with Gasteiger partial charge in [0.05, 0.1) is 6.61 Å². The van der Waals surface area contributed by atoms with Crippen molar-refractivity contribution in [2.45, 2.75) is 40.0 Å². The fraction of sp³-hybridized carbons (Fsp3) is 0.667. The Morgan fingerprint density at radius 3 is 2.65 bits per heavy atom. The molecule has 0 saturated carbocycles. The van der Waals surface area contributed by atoms with Gasteiger partial charge >= 0.3 is 0 Å². The summed E-state index contributed by atoms with van der Waals surface area (Å²) in [6, 6.07) is 8.91. The summed E-state index contributed by atoms with van der Waals surface area (Å²) in [6.07, 6.45) is 3.78. The predicted octanol–water partition coefficient (Wildman–Crippen LogP) is 3.83. The topological polar surface area (TPSA) is 21.3 Å². The van der Waals surface area contributed by atoms with Gasteiger partial charge in [-0.1, -0.05) is 50.1 Å². The molecule has 1 aromatic rings. The smallest absolute Gasteiger partial charge is 0.0587 e. The third-order valence-electron chi connectivity index (χ3n) is 3.68. The molecule has 0 aliphatic heterocycles. The maximum absolute atomic E-state index is 5.09. The highest BCUT2D eigenvalue weighted by Crippen LogP contribution is 2.17. The van der Waals surface area contributed by atoms with Gasteiger partial charge in [0.15, 0.2) is 0 Å². The monoisotopic (exact) mass is 277 g/mol. The van der Waals surface area contributed by atoms with Crippen LogP contribution >= 0.6 is 0 Å². The summed E-state index contributed by atoms with van der Waals surface area (Å²) in [7, 11) is 1.75. The van der Waals surface area contributed by atoms with E-state index in [2.05, 4.69) is 50.4 Å². The fourth-order valence-electron chi connectivity index (χ4n) is 2.50. The minimum atomic E-state index is 0.719. The van der Waals surface area contributed by atoms with Crippen molar-refractivity contribution in [3.8, 4) is 0 Å². The van der Waals surface area contributed by atoms with Crippen molar-refractivity contribution in [2.75, 3.05) is 26.8 Å². The standard InChI is InChI=1S/C18H31NO/c1-15(2)8-9-18(14-19-10-11-20-4)13-17-7-5-6-16(3)12-17/h5-7,12,15,18-19H,8-11,13-14H2,1-4H3. The van der Waals surface area contributed by atoms with Crippen LogP contribution in [0.5, 0.6) is 0 Å². The largest absolute Gasteiger partial charge is 0.383 e. The molecule has 0 bridgehead atoms. The molecule has 1 aromatic carbocycles. The van der Waals surface area contributed by atoms with Crippen molar-refractivity contribution < 1.29 is 4.74 Å². The summed E-state index contributed by atoms with van der Waals surface area (Å²) in [5.41, 5.74) is 2.82. The molecule has 1 N–H and O–H groups in total. The zero-order chi connectivity index (χ0) is 14.8. The Morgan fingerprint density at radius 1 is 1.20 bits per heavy atom. The van der Waals surface area contributed by atoms with Gasteiger partial charge in [-0.2, -0.15) is 0 Å². The van der Waals surface area contributed by atoms with Crippen LogP contribution in [0.4, 0.5) is 0 Å². The normalized spacial score (nSPS) is 12.8. The van der Waals surface area contributed by atoms with Crippen LogP contribution in [-0.4, -0.2) is 26.8 Å². The molecule has 114 valence electrons. The summed E-state index contributed by atoms with van der Waals surface area (Å²) < 4.78 is 5.09.